The maximum absolute atomic E-state index is 13.5. The summed E-state index contributed by atoms with van der Waals surface area (Å²) in [4.78, 5) is 17.5. The first-order chi connectivity index (χ1) is 19.0. The van der Waals surface area contributed by atoms with Crippen LogP contribution in [-0.4, -0.2) is 79.8 Å². The van der Waals surface area contributed by atoms with Crippen LogP contribution in [-0.2, 0) is 21.2 Å². The number of fused-ring (bicyclic) bond motifs is 1. The molecule has 0 spiro atoms. The summed E-state index contributed by atoms with van der Waals surface area (Å²) in [6.07, 6.45) is 6.26. The maximum Gasteiger partial charge on any atom is 0.267 e. The molecule has 0 radical (unpaired) electrons. The van der Waals surface area contributed by atoms with Crippen LogP contribution in [0.4, 0.5) is 5.69 Å². The van der Waals surface area contributed by atoms with Crippen LogP contribution < -0.4 is 9.46 Å². The number of aryl methyl sites for hydroxylation is 2. The average Bonchev–Trinajstić information content (AvgIpc) is 3.27. The van der Waals surface area contributed by atoms with Crippen molar-refractivity contribution in [2.24, 2.45) is 11.8 Å². The molecular formula is C29H44N4O6S. The Morgan fingerprint density at radius 2 is 1.93 bits per heavy atom. The number of aliphatic hydroxyl groups excluding tert-OH is 1. The lowest BCUT2D eigenvalue weighted by Crippen LogP contribution is -2.48. The Hall–Kier alpha value is -2.63. The topological polar surface area (TPSA) is 125 Å². The van der Waals surface area contributed by atoms with Gasteiger partial charge < -0.3 is 24.2 Å². The lowest BCUT2D eigenvalue weighted by Gasteiger charge is -2.35. The number of carbonyl (C=O) groups is 1. The molecule has 222 valence electrons. The van der Waals surface area contributed by atoms with Crippen molar-refractivity contribution in [2.45, 2.75) is 83.3 Å². The van der Waals surface area contributed by atoms with Crippen molar-refractivity contribution >= 4 is 21.6 Å². The van der Waals surface area contributed by atoms with Crippen molar-refractivity contribution in [3.63, 3.8) is 0 Å². The molecule has 4 rings (SSSR count). The minimum atomic E-state index is -3.95. The van der Waals surface area contributed by atoms with E-state index in [2.05, 4.69) is 28.8 Å². The van der Waals surface area contributed by atoms with E-state index >= 15 is 0 Å². The molecule has 1 aliphatic heterocycles. The quantitative estimate of drug-likeness (QED) is 0.462. The van der Waals surface area contributed by atoms with Crippen LogP contribution in [0.25, 0.3) is 0 Å². The Bertz CT molecular complexity index is 1250. The van der Waals surface area contributed by atoms with E-state index in [1.807, 2.05) is 6.92 Å². The van der Waals surface area contributed by atoms with E-state index in [4.69, 9.17) is 9.26 Å². The molecule has 2 N–H and O–H groups in total. The third-order valence-electron chi connectivity index (χ3n) is 8.19. The van der Waals surface area contributed by atoms with Crippen LogP contribution in [0.3, 0.4) is 0 Å². The molecule has 0 bridgehead atoms. The van der Waals surface area contributed by atoms with Gasteiger partial charge in [0.15, 0.2) is 10.7 Å². The molecule has 0 unspecified atom stereocenters. The Morgan fingerprint density at radius 1 is 1.20 bits per heavy atom. The highest BCUT2D eigenvalue weighted by atomic mass is 32.2. The summed E-state index contributed by atoms with van der Waals surface area (Å²) >= 11 is 0. The average molecular weight is 577 g/mol. The van der Waals surface area contributed by atoms with Crippen LogP contribution in [0.2, 0.25) is 0 Å². The summed E-state index contributed by atoms with van der Waals surface area (Å²) in [5.41, 5.74) is 1.18. The molecule has 1 fully saturated rings. The molecule has 1 aromatic carbocycles. The van der Waals surface area contributed by atoms with Gasteiger partial charge in [-0.1, -0.05) is 31.3 Å². The van der Waals surface area contributed by atoms with Crippen molar-refractivity contribution < 1.29 is 27.6 Å². The van der Waals surface area contributed by atoms with Crippen molar-refractivity contribution in [1.82, 2.24) is 15.0 Å². The number of hydrogen-bond acceptors (Lipinski definition) is 8. The Labute approximate surface area is 238 Å². The number of amides is 1. The van der Waals surface area contributed by atoms with Gasteiger partial charge in [0.05, 0.1) is 19.1 Å². The van der Waals surface area contributed by atoms with Crippen LogP contribution >= 0.6 is 0 Å². The Balaban J connectivity index is 1.61. The van der Waals surface area contributed by atoms with Crippen LogP contribution in [0, 0.1) is 25.7 Å². The zero-order valence-electron chi connectivity index (χ0n) is 24.4. The summed E-state index contributed by atoms with van der Waals surface area (Å²) in [7, 11) is -1.83. The second-order valence-electron chi connectivity index (χ2n) is 11.7. The predicted molar refractivity (Wildman–Crippen MR) is 153 cm³/mol. The number of nitrogens with zero attached hydrogens (tertiary/aromatic N) is 3. The summed E-state index contributed by atoms with van der Waals surface area (Å²) in [6.45, 7) is 9.07. The number of sulfonamides is 1. The third kappa shape index (κ3) is 7.16. The first-order valence-electron chi connectivity index (χ1n) is 14.3. The standard InChI is InChI=1S/C29H44N4O6S/c1-19-15-33(20(2)18-34)28(35)14-24-13-25(31-40(36,37)29-21(3)30-39-22(29)4)11-12-26(24)38-27(19)17-32(5)16-23-9-7-6-8-10-23/h11-13,19-20,23,27,31,34H,6-10,14-18H2,1-5H3/t19-,20-,27-/m1/s1. The lowest BCUT2D eigenvalue weighted by atomic mass is 9.89. The molecule has 40 heavy (non-hydrogen) atoms. The van der Waals surface area contributed by atoms with Gasteiger partial charge in [0.25, 0.3) is 10.0 Å². The third-order valence-corrected chi connectivity index (χ3v) is 9.82. The summed E-state index contributed by atoms with van der Waals surface area (Å²) in [6, 6.07) is 4.69. The highest BCUT2D eigenvalue weighted by Gasteiger charge is 2.32. The van der Waals surface area contributed by atoms with E-state index in [-0.39, 0.29) is 53.3 Å². The number of anilines is 1. The fourth-order valence-electron chi connectivity index (χ4n) is 5.97. The SMILES string of the molecule is Cc1noc(C)c1S(=O)(=O)Nc1ccc2c(c1)CC(=O)N([C@H](C)CO)C[C@@H](C)[C@@H](CN(C)CC1CCCCC1)O2. The fraction of sp³-hybridized carbons (Fsp3) is 0.655. The van der Waals surface area contributed by atoms with Gasteiger partial charge in [0, 0.05) is 36.8 Å². The van der Waals surface area contributed by atoms with Crippen LogP contribution in [0.5, 0.6) is 5.75 Å². The van der Waals surface area contributed by atoms with E-state index < -0.39 is 10.0 Å². The van der Waals surface area contributed by atoms with Gasteiger partial charge in [-0.25, -0.2) is 8.42 Å². The first kappa shape index (κ1) is 30.3. The molecule has 11 heteroatoms. The maximum atomic E-state index is 13.5. The smallest absolute Gasteiger partial charge is 0.267 e. The van der Waals surface area contributed by atoms with Gasteiger partial charge in [-0.15, -0.1) is 0 Å². The van der Waals surface area contributed by atoms with E-state index in [1.54, 1.807) is 36.9 Å². The summed E-state index contributed by atoms with van der Waals surface area (Å²) in [5, 5.41) is 13.7. The Kier molecular flexibility index (Phi) is 9.79. The Morgan fingerprint density at radius 3 is 2.58 bits per heavy atom. The van der Waals surface area contributed by atoms with E-state index in [0.29, 0.717) is 36.0 Å². The number of ether oxygens (including phenoxy) is 1. The van der Waals surface area contributed by atoms with Gasteiger partial charge in [-0.05, 0) is 64.8 Å². The van der Waals surface area contributed by atoms with Gasteiger partial charge in [0.1, 0.15) is 17.5 Å². The highest BCUT2D eigenvalue weighted by Crippen LogP contribution is 2.31. The van der Waals surface area contributed by atoms with Gasteiger partial charge in [-0.3, -0.25) is 9.52 Å². The molecule has 1 aliphatic carbocycles. The number of hydrogen-bond donors (Lipinski definition) is 2. The number of carbonyl (C=O) groups excluding carboxylic acids is 1. The number of likely N-dealkylation sites (N-methyl/N-ethyl adjacent to an activating group) is 1. The number of nitrogens with one attached hydrogen (secondary N) is 1. The minimum Gasteiger partial charge on any atom is -0.488 e. The van der Waals surface area contributed by atoms with Crippen molar-refractivity contribution in [3.8, 4) is 5.75 Å². The van der Waals surface area contributed by atoms with Crippen molar-refractivity contribution in [2.75, 3.05) is 38.0 Å². The number of aliphatic hydroxyl groups is 1. The monoisotopic (exact) mass is 576 g/mol. The molecule has 2 aromatic rings. The lowest BCUT2D eigenvalue weighted by molar-refractivity contribution is -0.134. The molecule has 1 aromatic heterocycles. The number of aromatic nitrogens is 1. The van der Waals surface area contributed by atoms with E-state index in [9.17, 15) is 18.3 Å². The summed E-state index contributed by atoms with van der Waals surface area (Å²) < 4.78 is 40.5. The molecule has 2 heterocycles. The van der Waals surface area contributed by atoms with Crippen LogP contribution in [0.1, 0.15) is 63.0 Å². The summed E-state index contributed by atoms with van der Waals surface area (Å²) in [5.74, 6) is 1.33. The van der Waals surface area contributed by atoms with Crippen LogP contribution in [0.15, 0.2) is 27.6 Å². The van der Waals surface area contributed by atoms with E-state index in [0.717, 1.165) is 6.54 Å². The normalized spacial score (nSPS) is 21.8. The molecule has 10 nitrogen and oxygen atoms in total. The number of benzene rings is 1. The molecule has 1 saturated carbocycles. The molecule has 2 aliphatic rings. The molecule has 0 saturated heterocycles. The highest BCUT2D eigenvalue weighted by molar-refractivity contribution is 7.92. The minimum absolute atomic E-state index is 0.00112. The van der Waals surface area contributed by atoms with E-state index in [1.165, 1.54) is 32.1 Å². The fourth-order valence-corrected chi connectivity index (χ4v) is 7.35. The zero-order valence-corrected chi connectivity index (χ0v) is 25.2. The van der Waals surface area contributed by atoms with Crippen molar-refractivity contribution in [3.05, 3.63) is 35.2 Å². The number of rotatable bonds is 9. The molecule has 3 atom stereocenters. The second-order valence-corrected chi connectivity index (χ2v) is 13.3. The first-order valence-corrected chi connectivity index (χ1v) is 15.8. The van der Waals surface area contributed by atoms with Gasteiger partial charge in [-0.2, -0.15) is 0 Å². The largest absolute Gasteiger partial charge is 0.488 e. The van der Waals surface area contributed by atoms with Crippen molar-refractivity contribution in [1.29, 1.82) is 0 Å². The second kappa shape index (κ2) is 12.9. The predicted octanol–water partition coefficient (Wildman–Crippen LogP) is 3.75. The van der Waals surface area contributed by atoms with Gasteiger partial charge >= 0.3 is 0 Å². The zero-order chi connectivity index (χ0) is 29.0. The van der Waals surface area contributed by atoms with Gasteiger partial charge in [0.2, 0.25) is 5.91 Å². The molecule has 1 amide bonds. The molecular weight excluding hydrogens is 532 g/mol.